The monoisotopic (exact) mass is 364 g/mol. The van der Waals surface area contributed by atoms with E-state index in [0.29, 0.717) is 12.6 Å². The Hall–Kier alpha value is -0.680. The molecule has 2 atom stereocenters. The first-order chi connectivity index (χ1) is 10.1. The molecule has 2 unspecified atom stereocenters. The number of aryl methyl sites for hydroxylation is 1. The fourth-order valence-corrected chi connectivity index (χ4v) is 5.02. The summed E-state index contributed by atoms with van der Waals surface area (Å²) in [5.74, 6) is 0. The molecule has 0 saturated heterocycles. The van der Waals surface area contributed by atoms with Crippen LogP contribution in [0.2, 0.25) is 0 Å². The van der Waals surface area contributed by atoms with Crippen molar-refractivity contribution in [2.45, 2.75) is 32.4 Å². The van der Waals surface area contributed by atoms with Gasteiger partial charge < -0.3 is 5.73 Å². The van der Waals surface area contributed by atoms with E-state index in [9.17, 15) is 0 Å². The molecule has 112 valence electrons. The normalized spacial score (nSPS) is 20.3. The summed E-state index contributed by atoms with van der Waals surface area (Å²) in [5.41, 5.74) is 10.2. The molecule has 1 aliphatic heterocycles. The van der Waals surface area contributed by atoms with Gasteiger partial charge in [0.1, 0.15) is 0 Å². The van der Waals surface area contributed by atoms with E-state index < -0.39 is 0 Å². The van der Waals surface area contributed by atoms with Gasteiger partial charge in [-0.25, -0.2) is 0 Å². The molecule has 1 aliphatic rings. The minimum absolute atomic E-state index is 0.267. The van der Waals surface area contributed by atoms with Gasteiger partial charge in [-0.05, 0) is 54.5 Å². The Bertz CT molecular complexity index is 637. The second kappa shape index (κ2) is 6.21. The maximum absolute atomic E-state index is 6.14. The van der Waals surface area contributed by atoms with E-state index >= 15 is 0 Å². The maximum Gasteiger partial charge on any atom is 0.0487 e. The average Bonchev–Trinajstić information content (AvgIpc) is 2.93. The summed E-state index contributed by atoms with van der Waals surface area (Å²) >= 11 is 5.60. The predicted octanol–water partition coefficient (Wildman–Crippen LogP) is 4.44. The van der Waals surface area contributed by atoms with Crippen LogP contribution in [-0.4, -0.2) is 18.0 Å². The molecule has 0 bridgehead atoms. The van der Waals surface area contributed by atoms with Crippen LogP contribution < -0.4 is 5.73 Å². The fourth-order valence-electron chi connectivity index (χ4n) is 3.30. The minimum Gasteiger partial charge on any atom is -0.329 e. The SMILES string of the molecule is Cc1ccc(C(CN)N2CCc3sccc3C2C)c(Br)c1. The summed E-state index contributed by atoms with van der Waals surface area (Å²) in [7, 11) is 0. The molecule has 0 spiro atoms. The van der Waals surface area contributed by atoms with Crippen LogP contribution in [0.15, 0.2) is 34.1 Å². The third-order valence-corrected chi connectivity index (χ3v) is 6.15. The predicted molar refractivity (Wildman–Crippen MR) is 93.8 cm³/mol. The molecule has 2 aromatic rings. The number of rotatable bonds is 3. The minimum atomic E-state index is 0.267. The summed E-state index contributed by atoms with van der Waals surface area (Å²) in [4.78, 5) is 4.09. The first kappa shape index (κ1) is 15.2. The van der Waals surface area contributed by atoms with Crippen molar-refractivity contribution in [3.8, 4) is 0 Å². The van der Waals surface area contributed by atoms with Gasteiger partial charge in [0.25, 0.3) is 0 Å². The Labute approximate surface area is 139 Å². The largest absolute Gasteiger partial charge is 0.329 e. The number of hydrogen-bond acceptors (Lipinski definition) is 3. The molecule has 1 aromatic heterocycles. The van der Waals surface area contributed by atoms with Crippen molar-refractivity contribution >= 4 is 27.3 Å². The molecule has 3 rings (SSSR count). The molecule has 1 aromatic carbocycles. The highest BCUT2D eigenvalue weighted by molar-refractivity contribution is 9.10. The summed E-state index contributed by atoms with van der Waals surface area (Å²) in [6, 6.07) is 9.54. The van der Waals surface area contributed by atoms with Gasteiger partial charge in [-0.3, -0.25) is 4.90 Å². The highest BCUT2D eigenvalue weighted by atomic mass is 79.9. The number of nitrogens with zero attached hydrogens (tertiary/aromatic N) is 1. The lowest BCUT2D eigenvalue weighted by molar-refractivity contribution is 0.138. The van der Waals surface area contributed by atoms with Crippen LogP contribution in [0.4, 0.5) is 0 Å². The maximum atomic E-state index is 6.14. The molecule has 0 aliphatic carbocycles. The Morgan fingerprint density at radius 2 is 2.24 bits per heavy atom. The quantitative estimate of drug-likeness (QED) is 0.872. The molecule has 0 amide bonds. The third-order valence-electron chi connectivity index (χ3n) is 4.46. The topological polar surface area (TPSA) is 29.3 Å². The smallest absolute Gasteiger partial charge is 0.0487 e. The van der Waals surface area contributed by atoms with Gasteiger partial charge in [0.15, 0.2) is 0 Å². The molecule has 0 fully saturated rings. The van der Waals surface area contributed by atoms with Crippen molar-refractivity contribution in [3.63, 3.8) is 0 Å². The molecular formula is C17H21BrN2S. The highest BCUT2D eigenvalue weighted by Crippen LogP contribution is 2.39. The lowest BCUT2D eigenvalue weighted by Gasteiger charge is -2.39. The van der Waals surface area contributed by atoms with Crippen molar-refractivity contribution in [3.05, 3.63) is 55.7 Å². The Morgan fingerprint density at radius 3 is 2.95 bits per heavy atom. The fraction of sp³-hybridized carbons (Fsp3) is 0.412. The zero-order valence-corrected chi connectivity index (χ0v) is 14.9. The van der Waals surface area contributed by atoms with Gasteiger partial charge >= 0.3 is 0 Å². The standard InChI is InChI=1S/C17H21BrN2S/c1-11-3-4-14(15(18)9-11)16(10-19)20-7-5-17-13(12(20)2)6-8-21-17/h3-4,6,8-9,12,16H,5,7,10,19H2,1-2H3. The lowest BCUT2D eigenvalue weighted by atomic mass is 9.95. The van der Waals surface area contributed by atoms with Crippen LogP contribution in [0.3, 0.4) is 0 Å². The van der Waals surface area contributed by atoms with Crippen LogP contribution in [0.1, 0.15) is 40.6 Å². The summed E-state index contributed by atoms with van der Waals surface area (Å²) < 4.78 is 1.17. The molecule has 4 heteroatoms. The second-order valence-corrected chi connectivity index (χ2v) is 7.59. The lowest BCUT2D eigenvalue weighted by Crippen LogP contribution is -2.39. The van der Waals surface area contributed by atoms with Gasteiger partial charge in [0.2, 0.25) is 0 Å². The van der Waals surface area contributed by atoms with Crippen molar-refractivity contribution in [2.75, 3.05) is 13.1 Å². The van der Waals surface area contributed by atoms with E-state index in [0.717, 1.165) is 13.0 Å². The van der Waals surface area contributed by atoms with Gasteiger partial charge in [-0.15, -0.1) is 11.3 Å². The summed E-state index contributed by atoms with van der Waals surface area (Å²) in [6.07, 6.45) is 1.14. The van der Waals surface area contributed by atoms with Crippen molar-refractivity contribution < 1.29 is 0 Å². The van der Waals surface area contributed by atoms with Crippen LogP contribution in [0.5, 0.6) is 0 Å². The zero-order chi connectivity index (χ0) is 15.0. The van der Waals surface area contributed by atoms with Crippen molar-refractivity contribution in [2.24, 2.45) is 5.73 Å². The summed E-state index contributed by atoms with van der Waals surface area (Å²) in [5, 5.41) is 2.21. The van der Waals surface area contributed by atoms with Gasteiger partial charge in [0.05, 0.1) is 0 Å². The molecule has 2 heterocycles. The molecule has 0 radical (unpaired) electrons. The van der Waals surface area contributed by atoms with Crippen LogP contribution in [0.25, 0.3) is 0 Å². The van der Waals surface area contributed by atoms with Gasteiger partial charge in [-0.1, -0.05) is 28.1 Å². The first-order valence-corrected chi connectivity index (χ1v) is 9.07. The molecule has 2 N–H and O–H groups in total. The van der Waals surface area contributed by atoms with E-state index in [1.54, 1.807) is 0 Å². The third kappa shape index (κ3) is 2.82. The molecule has 2 nitrogen and oxygen atoms in total. The van der Waals surface area contributed by atoms with Crippen LogP contribution in [-0.2, 0) is 6.42 Å². The van der Waals surface area contributed by atoms with Crippen molar-refractivity contribution in [1.82, 2.24) is 4.90 Å². The first-order valence-electron chi connectivity index (χ1n) is 7.40. The number of hydrogen-bond donors (Lipinski definition) is 1. The Morgan fingerprint density at radius 1 is 1.43 bits per heavy atom. The van der Waals surface area contributed by atoms with E-state index in [-0.39, 0.29) is 6.04 Å². The second-order valence-electron chi connectivity index (χ2n) is 5.74. The highest BCUT2D eigenvalue weighted by Gasteiger charge is 2.31. The van der Waals surface area contributed by atoms with Gasteiger partial charge in [0, 0.05) is 34.5 Å². The molecule has 21 heavy (non-hydrogen) atoms. The van der Waals surface area contributed by atoms with Gasteiger partial charge in [-0.2, -0.15) is 0 Å². The number of thiophene rings is 1. The average molecular weight is 365 g/mol. The Kier molecular flexibility index (Phi) is 4.50. The van der Waals surface area contributed by atoms with E-state index in [1.165, 1.54) is 26.0 Å². The number of nitrogens with two attached hydrogens (primary N) is 1. The van der Waals surface area contributed by atoms with Crippen LogP contribution >= 0.6 is 27.3 Å². The zero-order valence-electron chi connectivity index (χ0n) is 12.5. The molecule has 0 saturated carbocycles. The van der Waals surface area contributed by atoms with Crippen LogP contribution in [0, 0.1) is 6.92 Å². The van der Waals surface area contributed by atoms with E-state index in [4.69, 9.17) is 5.73 Å². The van der Waals surface area contributed by atoms with E-state index in [2.05, 4.69) is 64.3 Å². The number of halogens is 1. The Balaban J connectivity index is 1.94. The molecular weight excluding hydrogens is 344 g/mol. The number of benzene rings is 1. The number of fused-ring (bicyclic) bond motifs is 1. The summed E-state index contributed by atoms with van der Waals surface area (Å²) in [6.45, 7) is 6.14. The van der Waals surface area contributed by atoms with Crippen molar-refractivity contribution in [1.29, 1.82) is 0 Å². The van der Waals surface area contributed by atoms with E-state index in [1.807, 2.05) is 11.3 Å².